The molecule has 2 aliphatic carbocycles. The van der Waals surface area contributed by atoms with Gasteiger partial charge >= 0.3 is 6.36 Å². The van der Waals surface area contributed by atoms with Crippen LogP contribution in [0.15, 0.2) is 48.6 Å². The third-order valence-electron chi connectivity index (χ3n) is 6.95. The summed E-state index contributed by atoms with van der Waals surface area (Å²) in [7, 11) is 0. The highest BCUT2D eigenvalue weighted by atomic mass is 19.4. The Kier molecular flexibility index (Phi) is 9.87. The fourth-order valence-corrected chi connectivity index (χ4v) is 5.07. The lowest BCUT2D eigenvalue weighted by atomic mass is 9.79. The van der Waals surface area contributed by atoms with E-state index in [1.807, 2.05) is 12.1 Å². The highest BCUT2D eigenvalue weighted by molar-refractivity contribution is 5.29. The van der Waals surface area contributed by atoms with Crippen molar-refractivity contribution in [2.45, 2.75) is 82.6 Å². The number of halogens is 3. The predicted octanol–water partition coefficient (Wildman–Crippen LogP) is 7.85. The first-order chi connectivity index (χ1) is 15.9. The van der Waals surface area contributed by atoms with E-state index in [2.05, 4.69) is 10.8 Å². The molecule has 0 radical (unpaired) electrons. The van der Waals surface area contributed by atoms with E-state index in [1.54, 1.807) is 18.2 Å². The Bertz CT molecular complexity index is 794. The van der Waals surface area contributed by atoms with Crippen LogP contribution in [0.4, 0.5) is 13.2 Å². The van der Waals surface area contributed by atoms with Gasteiger partial charge in [0.2, 0.25) is 0 Å². The smallest absolute Gasteiger partial charge is 0.406 e. The summed E-state index contributed by atoms with van der Waals surface area (Å²) >= 11 is 0. The molecule has 0 N–H and O–H groups in total. The number of rotatable bonds is 9. The lowest BCUT2D eigenvalue weighted by Gasteiger charge is -2.32. The van der Waals surface area contributed by atoms with Gasteiger partial charge in [-0.3, -0.25) is 0 Å². The summed E-state index contributed by atoms with van der Waals surface area (Å²) in [5.74, 6) is 1.60. The number of nitrogens with zero attached hydrogens (tertiary/aromatic N) is 1. The second kappa shape index (κ2) is 12.8. The first-order valence-electron chi connectivity index (χ1n) is 12.1. The molecule has 180 valence electrons. The lowest BCUT2D eigenvalue weighted by molar-refractivity contribution is -0.274. The number of allylic oxidation sites excluding steroid dienone is 4. The summed E-state index contributed by atoms with van der Waals surface area (Å²) in [5.41, 5.74) is 1.10. The van der Waals surface area contributed by atoms with Crippen LogP contribution in [-0.2, 0) is 4.74 Å². The average molecular weight is 462 g/mol. The fourth-order valence-electron chi connectivity index (χ4n) is 5.07. The van der Waals surface area contributed by atoms with E-state index in [4.69, 9.17) is 10.00 Å². The first-order valence-corrected chi connectivity index (χ1v) is 12.1. The summed E-state index contributed by atoms with van der Waals surface area (Å²) in [6, 6.07) is 8.34. The molecule has 0 unspecified atom stereocenters. The first kappa shape index (κ1) is 25.4. The molecule has 1 aromatic rings. The van der Waals surface area contributed by atoms with Gasteiger partial charge in [-0.2, -0.15) is 5.26 Å². The standard InChI is InChI=1S/C27H34F3NO2/c28-27(29,30)33-26-17-13-24(14-18-26)23-11-7-22(8-12-23)20-32-25-15-9-21(10-16-25)6-4-2-1-3-5-19-31/h1-3,5,13-14,17-18,21-23,25H,4,6-12,15-16,20H2/b2-1+,5-3+. The van der Waals surface area contributed by atoms with Crippen molar-refractivity contribution in [2.75, 3.05) is 6.61 Å². The summed E-state index contributed by atoms with van der Waals surface area (Å²) in [4.78, 5) is 0. The maximum atomic E-state index is 12.3. The Morgan fingerprint density at radius 3 is 2.21 bits per heavy atom. The minimum Gasteiger partial charge on any atom is -0.406 e. The van der Waals surface area contributed by atoms with Crippen molar-refractivity contribution in [3.05, 3.63) is 54.1 Å². The number of benzene rings is 1. The Labute approximate surface area is 195 Å². The van der Waals surface area contributed by atoms with Crippen LogP contribution < -0.4 is 4.74 Å². The van der Waals surface area contributed by atoms with Crippen LogP contribution >= 0.6 is 0 Å². The normalized spacial score (nSPS) is 26.5. The fraction of sp³-hybridized carbons (Fsp3) is 0.593. The SMILES string of the molecule is N#C/C=C/C=C/CCC1CCC(OCC2CCC(c3ccc(OC(F)(F)F)cc3)CC2)CC1. The Morgan fingerprint density at radius 2 is 1.58 bits per heavy atom. The molecule has 2 saturated carbocycles. The molecular formula is C27H34F3NO2. The molecule has 0 amide bonds. The van der Waals surface area contributed by atoms with E-state index >= 15 is 0 Å². The number of hydrogen-bond acceptors (Lipinski definition) is 3. The second-order valence-electron chi connectivity index (χ2n) is 9.30. The average Bonchev–Trinajstić information content (AvgIpc) is 2.81. The number of ether oxygens (including phenoxy) is 2. The van der Waals surface area contributed by atoms with Crippen LogP contribution in [-0.4, -0.2) is 19.1 Å². The molecule has 2 aliphatic rings. The van der Waals surface area contributed by atoms with E-state index in [1.165, 1.54) is 37.5 Å². The van der Waals surface area contributed by atoms with Gasteiger partial charge in [-0.25, -0.2) is 0 Å². The van der Waals surface area contributed by atoms with Crippen LogP contribution in [0, 0.1) is 23.2 Å². The summed E-state index contributed by atoms with van der Waals surface area (Å²) in [6.07, 6.45) is 14.4. The molecule has 0 aromatic heterocycles. The van der Waals surface area contributed by atoms with Gasteiger partial charge in [0.1, 0.15) is 5.75 Å². The largest absolute Gasteiger partial charge is 0.573 e. The number of nitriles is 1. The van der Waals surface area contributed by atoms with Crippen molar-refractivity contribution >= 4 is 0 Å². The highest BCUT2D eigenvalue weighted by Gasteiger charge is 2.31. The van der Waals surface area contributed by atoms with Crippen LogP contribution in [0.1, 0.15) is 75.7 Å². The van der Waals surface area contributed by atoms with Crippen LogP contribution in [0.2, 0.25) is 0 Å². The summed E-state index contributed by atoms with van der Waals surface area (Å²) in [6.45, 7) is 0.828. The van der Waals surface area contributed by atoms with Gasteiger partial charge in [0.05, 0.1) is 12.2 Å². The summed E-state index contributed by atoms with van der Waals surface area (Å²) in [5, 5.41) is 8.46. The molecule has 0 aliphatic heterocycles. The zero-order valence-corrected chi connectivity index (χ0v) is 19.1. The number of alkyl halides is 3. The van der Waals surface area contributed by atoms with E-state index in [0.717, 1.165) is 63.0 Å². The molecule has 3 rings (SSSR count). The van der Waals surface area contributed by atoms with Crippen LogP contribution in [0.5, 0.6) is 5.75 Å². The molecule has 1 aromatic carbocycles. The molecule has 3 nitrogen and oxygen atoms in total. The van der Waals surface area contributed by atoms with Gasteiger partial charge in [-0.15, -0.1) is 13.2 Å². The van der Waals surface area contributed by atoms with E-state index in [-0.39, 0.29) is 5.75 Å². The van der Waals surface area contributed by atoms with Gasteiger partial charge in [0, 0.05) is 12.7 Å². The molecule has 6 heteroatoms. The maximum Gasteiger partial charge on any atom is 0.573 e. The van der Waals surface area contributed by atoms with E-state index < -0.39 is 6.36 Å². The predicted molar refractivity (Wildman–Crippen MR) is 123 cm³/mol. The van der Waals surface area contributed by atoms with Crippen LogP contribution in [0.25, 0.3) is 0 Å². The van der Waals surface area contributed by atoms with Crippen molar-refractivity contribution in [1.29, 1.82) is 5.26 Å². The maximum absolute atomic E-state index is 12.3. The van der Waals surface area contributed by atoms with Crippen LogP contribution in [0.3, 0.4) is 0 Å². The Balaban J connectivity index is 1.29. The third kappa shape index (κ3) is 9.25. The monoisotopic (exact) mass is 461 g/mol. The quantitative estimate of drug-likeness (QED) is 0.278. The topological polar surface area (TPSA) is 42.2 Å². The Hall–Kier alpha value is -2.26. The number of hydrogen-bond donors (Lipinski definition) is 0. The third-order valence-corrected chi connectivity index (χ3v) is 6.95. The molecule has 33 heavy (non-hydrogen) atoms. The van der Waals surface area contributed by atoms with Gasteiger partial charge in [-0.05, 0) is 99.7 Å². The van der Waals surface area contributed by atoms with E-state index in [0.29, 0.717) is 17.9 Å². The molecule has 0 bridgehead atoms. The zero-order chi connectivity index (χ0) is 23.5. The molecule has 0 saturated heterocycles. The Morgan fingerprint density at radius 1 is 0.909 bits per heavy atom. The minimum absolute atomic E-state index is 0.160. The zero-order valence-electron chi connectivity index (χ0n) is 19.1. The van der Waals surface area contributed by atoms with Gasteiger partial charge in [-0.1, -0.05) is 30.4 Å². The highest BCUT2D eigenvalue weighted by Crippen LogP contribution is 2.37. The molecule has 0 heterocycles. The van der Waals surface area contributed by atoms with Crippen molar-refractivity contribution in [3.8, 4) is 11.8 Å². The lowest BCUT2D eigenvalue weighted by Crippen LogP contribution is -2.25. The van der Waals surface area contributed by atoms with Gasteiger partial charge < -0.3 is 9.47 Å². The van der Waals surface area contributed by atoms with Crippen molar-refractivity contribution < 1.29 is 22.6 Å². The van der Waals surface area contributed by atoms with Gasteiger partial charge in [0.15, 0.2) is 0 Å². The van der Waals surface area contributed by atoms with Crippen molar-refractivity contribution in [2.24, 2.45) is 11.8 Å². The molecule has 2 fully saturated rings. The van der Waals surface area contributed by atoms with E-state index in [9.17, 15) is 13.2 Å². The molecule has 0 atom stereocenters. The molecular weight excluding hydrogens is 427 g/mol. The van der Waals surface area contributed by atoms with Crippen molar-refractivity contribution in [1.82, 2.24) is 0 Å². The summed E-state index contributed by atoms with van der Waals surface area (Å²) < 4.78 is 47.2. The second-order valence-corrected chi connectivity index (χ2v) is 9.30. The van der Waals surface area contributed by atoms with Crippen molar-refractivity contribution in [3.63, 3.8) is 0 Å². The van der Waals surface area contributed by atoms with Gasteiger partial charge in [0.25, 0.3) is 0 Å². The minimum atomic E-state index is -4.65. The molecule has 0 spiro atoms.